The lowest BCUT2D eigenvalue weighted by Crippen LogP contribution is -2.11. The monoisotopic (exact) mass is 242 g/mol. The zero-order valence-corrected chi connectivity index (χ0v) is 9.76. The number of aromatic nitrogens is 3. The highest BCUT2D eigenvalue weighted by Crippen LogP contribution is 2.27. The normalized spacial score (nSPS) is 12.8. The fourth-order valence-electron chi connectivity index (χ4n) is 1.85. The van der Waals surface area contributed by atoms with Gasteiger partial charge in [-0.2, -0.15) is 0 Å². The van der Waals surface area contributed by atoms with Gasteiger partial charge in [-0.1, -0.05) is 28.8 Å². The van der Waals surface area contributed by atoms with Crippen LogP contribution >= 0.6 is 11.5 Å². The first-order chi connectivity index (χ1) is 8.36. The van der Waals surface area contributed by atoms with Crippen LogP contribution in [0.3, 0.4) is 0 Å². The van der Waals surface area contributed by atoms with E-state index in [1.54, 1.807) is 6.20 Å². The van der Waals surface area contributed by atoms with E-state index in [0.717, 1.165) is 21.2 Å². The van der Waals surface area contributed by atoms with Gasteiger partial charge in [0.05, 0.1) is 17.1 Å². The first kappa shape index (κ1) is 10.3. The molecule has 1 atom stereocenters. The fraction of sp³-hybridized carbons (Fsp3) is 0.0833. The van der Waals surface area contributed by atoms with E-state index in [-0.39, 0.29) is 6.04 Å². The van der Waals surface area contributed by atoms with Crippen LogP contribution in [0.2, 0.25) is 0 Å². The van der Waals surface area contributed by atoms with E-state index in [2.05, 4.69) is 20.6 Å². The molecule has 0 saturated heterocycles. The summed E-state index contributed by atoms with van der Waals surface area (Å²) in [6.45, 7) is 0. The van der Waals surface area contributed by atoms with Crippen molar-refractivity contribution in [2.45, 2.75) is 6.04 Å². The summed E-state index contributed by atoms with van der Waals surface area (Å²) in [6, 6.07) is 7.87. The first-order valence-corrected chi connectivity index (χ1v) is 5.99. The van der Waals surface area contributed by atoms with Crippen LogP contribution in [0.15, 0.2) is 42.9 Å². The molecule has 0 saturated carbocycles. The molecule has 0 aliphatic heterocycles. The maximum absolute atomic E-state index is 6.22. The molecule has 0 aliphatic carbocycles. The number of nitrogens with zero attached hydrogens (tertiary/aromatic N) is 3. The third-order valence-corrected chi connectivity index (χ3v) is 3.47. The molecule has 0 aliphatic rings. The summed E-state index contributed by atoms with van der Waals surface area (Å²) in [7, 11) is 0. The molecular formula is C12H10N4S. The highest BCUT2D eigenvalue weighted by molar-refractivity contribution is 7.05. The second kappa shape index (κ2) is 4.20. The van der Waals surface area contributed by atoms with Gasteiger partial charge in [-0.05, 0) is 16.9 Å². The number of benzene rings is 1. The average Bonchev–Trinajstić information content (AvgIpc) is 2.91. The van der Waals surface area contributed by atoms with Crippen LogP contribution in [-0.2, 0) is 0 Å². The Balaban J connectivity index is 2.17. The summed E-state index contributed by atoms with van der Waals surface area (Å²) in [4.78, 5) is 5.17. The number of hydrogen-bond donors (Lipinski definition) is 1. The van der Waals surface area contributed by atoms with Crippen LogP contribution in [-0.4, -0.2) is 14.6 Å². The smallest absolute Gasteiger partial charge is 0.0699 e. The van der Waals surface area contributed by atoms with Gasteiger partial charge in [-0.15, -0.1) is 5.10 Å². The number of pyridine rings is 1. The first-order valence-electron chi connectivity index (χ1n) is 5.22. The molecule has 2 aromatic heterocycles. The van der Waals surface area contributed by atoms with E-state index < -0.39 is 0 Å². The zero-order chi connectivity index (χ0) is 11.7. The average molecular weight is 242 g/mol. The second-order valence-corrected chi connectivity index (χ2v) is 4.56. The van der Waals surface area contributed by atoms with Crippen LogP contribution in [0.4, 0.5) is 0 Å². The lowest BCUT2D eigenvalue weighted by molar-refractivity contribution is 0.890. The standard InChI is InChI=1S/C12H10N4S/c13-12(11-7-15-16-17-11)10-6-14-5-8-3-1-2-4-9(8)10/h1-7,12H,13H2. The molecule has 1 aromatic carbocycles. The third kappa shape index (κ3) is 1.79. The van der Waals surface area contributed by atoms with Gasteiger partial charge < -0.3 is 5.73 Å². The van der Waals surface area contributed by atoms with Crippen molar-refractivity contribution in [2.24, 2.45) is 5.73 Å². The lowest BCUT2D eigenvalue weighted by atomic mass is 10.0. The van der Waals surface area contributed by atoms with Gasteiger partial charge in [-0.25, -0.2) is 0 Å². The Labute approximate surface area is 102 Å². The molecule has 5 heteroatoms. The van der Waals surface area contributed by atoms with E-state index in [0.29, 0.717) is 0 Å². The summed E-state index contributed by atoms with van der Waals surface area (Å²) in [5, 5.41) is 6.04. The van der Waals surface area contributed by atoms with E-state index in [1.807, 2.05) is 30.6 Å². The molecule has 17 heavy (non-hydrogen) atoms. The van der Waals surface area contributed by atoms with Gasteiger partial charge in [0.25, 0.3) is 0 Å². The third-order valence-electron chi connectivity index (χ3n) is 2.72. The van der Waals surface area contributed by atoms with Crippen LogP contribution in [0.25, 0.3) is 10.8 Å². The molecule has 0 fully saturated rings. The topological polar surface area (TPSA) is 64.7 Å². The largest absolute Gasteiger partial charge is 0.319 e. The fourth-order valence-corrected chi connectivity index (χ4v) is 2.38. The van der Waals surface area contributed by atoms with Gasteiger partial charge >= 0.3 is 0 Å². The molecular weight excluding hydrogens is 232 g/mol. The molecule has 0 bridgehead atoms. The van der Waals surface area contributed by atoms with Crippen molar-refractivity contribution in [2.75, 3.05) is 0 Å². The lowest BCUT2D eigenvalue weighted by Gasteiger charge is -2.11. The van der Waals surface area contributed by atoms with E-state index in [9.17, 15) is 0 Å². The maximum Gasteiger partial charge on any atom is 0.0699 e. The SMILES string of the molecule is NC(c1cnns1)c1cncc2ccccc12. The number of rotatable bonds is 2. The molecule has 0 amide bonds. The van der Waals surface area contributed by atoms with Gasteiger partial charge in [0.15, 0.2) is 0 Å². The predicted molar refractivity (Wildman–Crippen MR) is 67.7 cm³/mol. The number of nitrogens with two attached hydrogens (primary N) is 1. The highest BCUT2D eigenvalue weighted by Gasteiger charge is 2.14. The van der Waals surface area contributed by atoms with Crippen molar-refractivity contribution >= 4 is 22.3 Å². The summed E-state index contributed by atoms with van der Waals surface area (Å²) < 4.78 is 3.84. The Hall–Kier alpha value is -1.85. The number of fused-ring (bicyclic) bond motifs is 1. The molecule has 2 heterocycles. The summed E-state index contributed by atoms with van der Waals surface area (Å²) in [5.41, 5.74) is 7.23. The minimum absolute atomic E-state index is 0.214. The van der Waals surface area contributed by atoms with Crippen molar-refractivity contribution in [3.8, 4) is 0 Å². The number of hydrogen-bond acceptors (Lipinski definition) is 5. The summed E-state index contributed by atoms with van der Waals surface area (Å²) >= 11 is 1.32. The maximum atomic E-state index is 6.22. The molecule has 4 nitrogen and oxygen atoms in total. The Morgan fingerprint density at radius 3 is 2.82 bits per heavy atom. The molecule has 0 radical (unpaired) electrons. The minimum Gasteiger partial charge on any atom is -0.319 e. The Morgan fingerprint density at radius 1 is 1.12 bits per heavy atom. The molecule has 3 aromatic rings. The van der Waals surface area contributed by atoms with Crippen molar-refractivity contribution in [3.63, 3.8) is 0 Å². The van der Waals surface area contributed by atoms with Crippen molar-refractivity contribution in [3.05, 3.63) is 53.3 Å². The molecule has 0 spiro atoms. The van der Waals surface area contributed by atoms with Crippen molar-refractivity contribution < 1.29 is 0 Å². The van der Waals surface area contributed by atoms with E-state index in [1.165, 1.54) is 11.5 Å². The van der Waals surface area contributed by atoms with Gasteiger partial charge in [0.2, 0.25) is 0 Å². The molecule has 1 unspecified atom stereocenters. The minimum atomic E-state index is -0.214. The Kier molecular flexibility index (Phi) is 2.55. The van der Waals surface area contributed by atoms with Crippen LogP contribution in [0.1, 0.15) is 16.5 Å². The predicted octanol–water partition coefficient (Wildman–Crippen LogP) is 2.13. The Bertz CT molecular complexity index is 631. The molecule has 2 N–H and O–H groups in total. The molecule has 3 rings (SSSR count). The van der Waals surface area contributed by atoms with E-state index >= 15 is 0 Å². The van der Waals surface area contributed by atoms with Gasteiger partial charge in [-0.3, -0.25) is 4.98 Å². The van der Waals surface area contributed by atoms with Crippen LogP contribution < -0.4 is 5.73 Å². The Morgan fingerprint density at radius 2 is 2.00 bits per heavy atom. The summed E-state index contributed by atoms with van der Waals surface area (Å²) in [6.07, 6.45) is 5.36. The highest BCUT2D eigenvalue weighted by atomic mass is 32.1. The quantitative estimate of drug-likeness (QED) is 0.747. The molecule has 84 valence electrons. The van der Waals surface area contributed by atoms with Gasteiger partial charge in [0.1, 0.15) is 0 Å². The van der Waals surface area contributed by atoms with Gasteiger partial charge in [0, 0.05) is 23.3 Å². The summed E-state index contributed by atoms with van der Waals surface area (Å²) in [5.74, 6) is 0. The van der Waals surface area contributed by atoms with Crippen LogP contribution in [0.5, 0.6) is 0 Å². The van der Waals surface area contributed by atoms with Crippen molar-refractivity contribution in [1.82, 2.24) is 14.6 Å². The second-order valence-electron chi connectivity index (χ2n) is 3.75. The van der Waals surface area contributed by atoms with Crippen molar-refractivity contribution in [1.29, 1.82) is 0 Å². The van der Waals surface area contributed by atoms with E-state index in [4.69, 9.17) is 5.73 Å². The zero-order valence-electron chi connectivity index (χ0n) is 8.95. The van der Waals surface area contributed by atoms with Crippen LogP contribution in [0, 0.1) is 0 Å².